The van der Waals surface area contributed by atoms with Gasteiger partial charge in [0.25, 0.3) is 0 Å². The number of amides is 1. The lowest BCUT2D eigenvalue weighted by atomic mass is 10.4. The van der Waals surface area contributed by atoms with Gasteiger partial charge in [-0.3, -0.25) is 4.79 Å². The maximum absolute atomic E-state index is 10.9. The quantitative estimate of drug-likeness (QED) is 0.604. The zero-order valence-electron chi connectivity index (χ0n) is 8.58. The summed E-state index contributed by atoms with van der Waals surface area (Å²) >= 11 is 0. The smallest absolute Gasteiger partial charge is 0.234 e. The van der Waals surface area contributed by atoms with E-state index in [1.165, 1.54) is 0 Å². The Balaban J connectivity index is 3.69. The second-order valence-corrected chi connectivity index (χ2v) is 2.48. The number of hydrogen-bond donors (Lipinski definition) is 1. The Hall–Kier alpha value is -1.12. The van der Waals surface area contributed by atoms with Crippen LogP contribution < -0.4 is 5.32 Å². The molecular formula is C9H16N2O3. The summed E-state index contributed by atoms with van der Waals surface area (Å²) in [6.07, 6.45) is -0.557. The predicted molar refractivity (Wildman–Crippen MR) is 50.3 cm³/mol. The van der Waals surface area contributed by atoms with Crippen LogP contribution in [0.3, 0.4) is 0 Å². The van der Waals surface area contributed by atoms with Crippen LogP contribution in [-0.4, -0.2) is 32.0 Å². The highest BCUT2D eigenvalue weighted by Crippen LogP contribution is 1.93. The van der Waals surface area contributed by atoms with Crippen molar-refractivity contribution in [3.05, 3.63) is 0 Å². The Morgan fingerprint density at radius 2 is 2.00 bits per heavy atom. The molecule has 5 nitrogen and oxygen atoms in total. The second-order valence-electron chi connectivity index (χ2n) is 2.48. The lowest BCUT2D eigenvalue weighted by Crippen LogP contribution is -2.35. The average molecular weight is 200 g/mol. The van der Waals surface area contributed by atoms with Crippen molar-refractivity contribution in [3.63, 3.8) is 0 Å². The van der Waals surface area contributed by atoms with E-state index in [0.29, 0.717) is 13.2 Å². The van der Waals surface area contributed by atoms with Crippen LogP contribution in [0.1, 0.15) is 20.3 Å². The van der Waals surface area contributed by atoms with Crippen molar-refractivity contribution in [1.29, 1.82) is 5.26 Å². The molecule has 0 aromatic carbocycles. The molecule has 0 aliphatic carbocycles. The van der Waals surface area contributed by atoms with Crippen molar-refractivity contribution in [2.45, 2.75) is 26.6 Å². The van der Waals surface area contributed by atoms with Crippen molar-refractivity contribution in [3.8, 4) is 6.07 Å². The number of carbonyl (C=O) groups is 1. The molecule has 0 heterocycles. The number of carbonyl (C=O) groups excluding carboxylic acids is 1. The van der Waals surface area contributed by atoms with Crippen molar-refractivity contribution in [2.75, 3.05) is 19.8 Å². The van der Waals surface area contributed by atoms with E-state index in [-0.39, 0.29) is 18.9 Å². The summed E-state index contributed by atoms with van der Waals surface area (Å²) in [7, 11) is 0. The van der Waals surface area contributed by atoms with Crippen LogP contribution in [0, 0.1) is 11.3 Å². The summed E-state index contributed by atoms with van der Waals surface area (Å²) in [6.45, 7) is 5.03. The minimum Gasteiger partial charge on any atom is -0.351 e. The zero-order chi connectivity index (χ0) is 10.8. The fourth-order valence-corrected chi connectivity index (χ4v) is 0.869. The number of nitriles is 1. The van der Waals surface area contributed by atoms with Gasteiger partial charge in [0.2, 0.25) is 5.91 Å². The first-order valence-electron chi connectivity index (χ1n) is 4.61. The third-order valence-corrected chi connectivity index (χ3v) is 1.41. The minimum atomic E-state index is -0.423. The van der Waals surface area contributed by atoms with E-state index in [1.807, 2.05) is 13.8 Å². The Morgan fingerprint density at radius 3 is 2.43 bits per heavy atom. The lowest BCUT2D eigenvalue weighted by Gasteiger charge is -2.16. The molecule has 0 unspecified atom stereocenters. The van der Waals surface area contributed by atoms with Gasteiger partial charge in [0.1, 0.15) is 6.42 Å². The molecule has 0 atom stereocenters. The van der Waals surface area contributed by atoms with Crippen LogP contribution >= 0.6 is 0 Å². The predicted octanol–water partition coefficient (Wildman–Crippen LogP) is 0.415. The van der Waals surface area contributed by atoms with Crippen molar-refractivity contribution >= 4 is 5.91 Å². The van der Waals surface area contributed by atoms with Gasteiger partial charge in [-0.25, -0.2) is 0 Å². The number of ether oxygens (including phenoxy) is 2. The minimum absolute atomic E-state index is 0.134. The summed E-state index contributed by atoms with van der Waals surface area (Å²) in [5, 5.41) is 10.8. The maximum Gasteiger partial charge on any atom is 0.234 e. The van der Waals surface area contributed by atoms with Gasteiger partial charge >= 0.3 is 0 Å². The van der Waals surface area contributed by atoms with E-state index in [4.69, 9.17) is 14.7 Å². The molecular weight excluding hydrogens is 184 g/mol. The normalized spacial score (nSPS) is 9.86. The molecule has 0 saturated heterocycles. The second kappa shape index (κ2) is 8.48. The van der Waals surface area contributed by atoms with Gasteiger partial charge < -0.3 is 14.8 Å². The van der Waals surface area contributed by atoms with Gasteiger partial charge in [0.15, 0.2) is 6.29 Å². The Kier molecular flexibility index (Phi) is 7.80. The van der Waals surface area contributed by atoms with Gasteiger partial charge in [-0.1, -0.05) is 0 Å². The standard InChI is InChI=1S/C9H16N2O3/c1-3-13-9(14-4-2)7-11-8(12)5-6-10/h9H,3-5,7H2,1-2H3,(H,11,12). The van der Waals surface area contributed by atoms with E-state index in [0.717, 1.165) is 0 Å². The van der Waals surface area contributed by atoms with Gasteiger partial charge in [-0.2, -0.15) is 5.26 Å². The fourth-order valence-electron chi connectivity index (χ4n) is 0.869. The summed E-state index contributed by atoms with van der Waals surface area (Å²) in [6, 6.07) is 1.76. The molecule has 0 saturated carbocycles. The van der Waals surface area contributed by atoms with Crippen LogP contribution in [-0.2, 0) is 14.3 Å². The first kappa shape index (κ1) is 12.9. The Bertz CT molecular complexity index is 195. The molecule has 0 radical (unpaired) electrons. The highest BCUT2D eigenvalue weighted by molar-refractivity contribution is 5.77. The van der Waals surface area contributed by atoms with Gasteiger partial charge in [0.05, 0.1) is 12.6 Å². The lowest BCUT2D eigenvalue weighted by molar-refractivity contribution is -0.140. The molecule has 0 aromatic rings. The van der Waals surface area contributed by atoms with E-state index in [9.17, 15) is 4.79 Å². The fraction of sp³-hybridized carbons (Fsp3) is 0.778. The molecule has 0 spiro atoms. The zero-order valence-corrected chi connectivity index (χ0v) is 8.58. The van der Waals surface area contributed by atoms with Crippen molar-refractivity contribution < 1.29 is 14.3 Å². The maximum atomic E-state index is 10.9. The summed E-state index contributed by atoms with van der Waals surface area (Å²) in [5.41, 5.74) is 0. The summed E-state index contributed by atoms with van der Waals surface area (Å²) in [5.74, 6) is -0.308. The summed E-state index contributed by atoms with van der Waals surface area (Å²) in [4.78, 5) is 10.9. The highest BCUT2D eigenvalue weighted by Gasteiger charge is 2.09. The van der Waals surface area contributed by atoms with Crippen LogP contribution in [0.25, 0.3) is 0 Å². The van der Waals surface area contributed by atoms with E-state index in [2.05, 4.69) is 5.32 Å². The van der Waals surface area contributed by atoms with Gasteiger partial charge in [0, 0.05) is 13.2 Å². The van der Waals surface area contributed by atoms with Gasteiger partial charge in [-0.05, 0) is 13.8 Å². The molecule has 14 heavy (non-hydrogen) atoms. The molecule has 1 amide bonds. The molecule has 80 valence electrons. The monoisotopic (exact) mass is 200 g/mol. The first-order valence-corrected chi connectivity index (χ1v) is 4.61. The van der Waals surface area contributed by atoms with Crippen LogP contribution in [0.2, 0.25) is 0 Å². The molecule has 0 aliphatic heterocycles. The van der Waals surface area contributed by atoms with Crippen molar-refractivity contribution in [2.24, 2.45) is 0 Å². The van der Waals surface area contributed by atoms with Crippen LogP contribution in [0.4, 0.5) is 0 Å². The third kappa shape index (κ3) is 6.40. The number of hydrogen-bond acceptors (Lipinski definition) is 4. The van der Waals surface area contributed by atoms with Crippen LogP contribution in [0.5, 0.6) is 0 Å². The Labute approximate surface area is 84.0 Å². The number of nitrogens with one attached hydrogen (secondary N) is 1. The molecule has 0 bridgehead atoms. The van der Waals surface area contributed by atoms with Crippen LogP contribution in [0.15, 0.2) is 0 Å². The highest BCUT2D eigenvalue weighted by atomic mass is 16.7. The number of rotatable bonds is 7. The third-order valence-electron chi connectivity index (χ3n) is 1.41. The van der Waals surface area contributed by atoms with E-state index >= 15 is 0 Å². The molecule has 0 rings (SSSR count). The average Bonchev–Trinajstić information content (AvgIpc) is 2.15. The topological polar surface area (TPSA) is 71.3 Å². The van der Waals surface area contributed by atoms with E-state index < -0.39 is 6.29 Å². The van der Waals surface area contributed by atoms with Crippen molar-refractivity contribution in [1.82, 2.24) is 5.32 Å². The molecule has 0 aromatic heterocycles. The SMILES string of the molecule is CCOC(CNC(=O)CC#N)OCC. The molecule has 1 N–H and O–H groups in total. The Morgan fingerprint density at radius 1 is 1.43 bits per heavy atom. The van der Waals surface area contributed by atoms with E-state index in [1.54, 1.807) is 6.07 Å². The van der Waals surface area contributed by atoms with Gasteiger partial charge in [-0.15, -0.1) is 0 Å². The first-order chi connectivity index (χ1) is 6.74. The molecule has 5 heteroatoms. The summed E-state index contributed by atoms with van der Waals surface area (Å²) < 4.78 is 10.4. The molecule has 0 aliphatic rings. The number of nitrogens with zero attached hydrogens (tertiary/aromatic N) is 1. The molecule has 0 fully saturated rings. The largest absolute Gasteiger partial charge is 0.351 e.